The molecule has 0 radical (unpaired) electrons. The molecule has 0 aliphatic heterocycles. The Balaban J connectivity index is 2.58. The molecule has 0 saturated heterocycles. The summed E-state index contributed by atoms with van der Waals surface area (Å²) >= 11 is 0. The predicted octanol–water partition coefficient (Wildman–Crippen LogP) is 1.71. The summed E-state index contributed by atoms with van der Waals surface area (Å²) < 4.78 is 0. The van der Waals surface area contributed by atoms with Crippen LogP contribution in [0.25, 0.3) is 0 Å². The van der Waals surface area contributed by atoms with Crippen LogP contribution in [0.1, 0.15) is 25.3 Å². The van der Waals surface area contributed by atoms with E-state index in [1.54, 1.807) is 18.2 Å². The van der Waals surface area contributed by atoms with Crippen molar-refractivity contribution in [3.63, 3.8) is 0 Å². The lowest BCUT2D eigenvalue weighted by atomic mass is 10.1. The summed E-state index contributed by atoms with van der Waals surface area (Å²) in [4.78, 5) is 0. The molecule has 4 nitrogen and oxygen atoms in total. The highest BCUT2D eigenvalue weighted by Crippen LogP contribution is 2.16. The second-order valence-electron chi connectivity index (χ2n) is 3.74. The van der Waals surface area contributed by atoms with E-state index in [-0.39, 0.29) is 6.10 Å². The van der Waals surface area contributed by atoms with Crippen LogP contribution in [0.15, 0.2) is 18.2 Å². The van der Waals surface area contributed by atoms with Crippen molar-refractivity contribution in [3.8, 4) is 6.07 Å². The maximum Gasteiger partial charge on any atom is 0.101 e. The van der Waals surface area contributed by atoms with Gasteiger partial charge in [-0.2, -0.15) is 5.26 Å². The number of nitriles is 1. The van der Waals surface area contributed by atoms with Crippen molar-refractivity contribution in [2.45, 2.75) is 25.9 Å². The van der Waals surface area contributed by atoms with E-state index >= 15 is 0 Å². The number of nitrogens with two attached hydrogens (primary N) is 1. The molecule has 16 heavy (non-hydrogen) atoms. The number of aliphatic hydroxyl groups excluding tert-OH is 1. The lowest BCUT2D eigenvalue weighted by molar-refractivity contribution is 0.176. The Morgan fingerprint density at radius 2 is 2.31 bits per heavy atom. The molecule has 86 valence electrons. The van der Waals surface area contributed by atoms with E-state index in [0.717, 1.165) is 18.5 Å². The smallest absolute Gasteiger partial charge is 0.101 e. The zero-order valence-corrected chi connectivity index (χ0v) is 9.40. The van der Waals surface area contributed by atoms with E-state index in [1.807, 2.05) is 13.0 Å². The van der Waals surface area contributed by atoms with E-state index in [4.69, 9.17) is 11.0 Å². The number of hydrogen-bond acceptors (Lipinski definition) is 4. The minimum Gasteiger partial charge on any atom is -0.398 e. The van der Waals surface area contributed by atoms with Crippen LogP contribution in [0.3, 0.4) is 0 Å². The van der Waals surface area contributed by atoms with Crippen molar-refractivity contribution in [1.82, 2.24) is 0 Å². The number of rotatable bonds is 5. The molecule has 1 atom stereocenters. The summed E-state index contributed by atoms with van der Waals surface area (Å²) in [5.41, 5.74) is 7.34. The van der Waals surface area contributed by atoms with Gasteiger partial charge < -0.3 is 16.2 Å². The summed E-state index contributed by atoms with van der Waals surface area (Å²) in [6.45, 7) is 2.52. The SMILES string of the molecule is CCCC(O)CNc1ccc(N)c(C#N)c1. The number of nitrogens with zero attached hydrogens (tertiary/aromatic N) is 1. The molecule has 0 bridgehead atoms. The molecule has 0 aliphatic carbocycles. The first kappa shape index (κ1) is 12.3. The van der Waals surface area contributed by atoms with Gasteiger partial charge in [-0.1, -0.05) is 13.3 Å². The highest BCUT2D eigenvalue weighted by molar-refractivity contribution is 5.61. The summed E-state index contributed by atoms with van der Waals surface area (Å²) in [6.07, 6.45) is 1.37. The van der Waals surface area contributed by atoms with Crippen LogP contribution < -0.4 is 11.1 Å². The van der Waals surface area contributed by atoms with Gasteiger partial charge >= 0.3 is 0 Å². The third-order valence-corrected chi connectivity index (χ3v) is 2.34. The van der Waals surface area contributed by atoms with Gasteiger partial charge in [-0.25, -0.2) is 0 Å². The molecular formula is C12H17N3O. The van der Waals surface area contributed by atoms with Crippen LogP contribution in [-0.4, -0.2) is 17.8 Å². The number of hydrogen-bond donors (Lipinski definition) is 3. The maximum absolute atomic E-state index is 9.54. The summed E-state index contributed by atoms with van der Waals surface area (Å²) in [6, 6.07) is 7.20. The molecule has 0 fully saturated rings. The zero-order valence-electron chi connectivity index (χ0n) is 9.40. The Kier molecular flexibility index (Phi) is 4.62. The van der Waals surface area contributed by atoms with Crippen LogP contribution in [0.2, 0.25) is 0 Å². The monoisotopic (exact) mass is 219 g/mol. The summed E-state index contributed by atoms with van der Waals surface area (Å²) in [5, 5.41) is 21.4. The largest absolute Gasteiger partial charge is 0.398 e. The van der Waals surface area contributed by atoms with Crippen LogP contribution in [0.4, 0.5) is 11.4 Å². The molecule has 4 heteroatoms. The highest BCUT2D eigenvalue weighted by Gasteiger charge is 2.03. The van der Waals surface area contributed by atoms with Gasteiger partial charge in [0.05, 0.1) is 11.7 Å². The molecule has 1 unspecified atom stereocenters. The minimum absolute atomic E-state index is 0.354. The Labute approximate surface area is 95.7 Å². The third-order valence-electron chi connectivity index (χ3n) is 2.34. The lowest BCUT2D eigenvalue weighted by Crippen LogP contribution is -2.19. The van der Waals surface area contributed by atoms with E-state index < -0.39 is 0 Å². The quantitative estimate of drug-likeness (QED) is 0.658. The molecule has 0 aliphatic rings. The van der Waals surface area contributed by atoms with Gasteiger partial charge in [0, 0.05) is 17.9 Å². The summed E-state index contributed by atoms with van der Waals surface area (Å²) in [7, 11) is 0. The van der Waals surface area contributed by atoms with Gasteiger partial charge in [-0.05, 0) is 24.6 Å². The van der Waals surface area contributed by atoms with Crippen molar-refractivity contribution in [2.24, 2.45) is 0 Å². The highest BCUT2D eigenvalue weighted by atomic mass is 16.3. The number of aliphatic hydroxyl groups is 1. The van der Waals surface area contributed by atoms with Crippen molar-refractivity contribution in [3.05, 3.63) is 23.8 Å². The molecule has 0 heterocycles. The van der Waals surface area contributed by atoms with Crippen molar-refractivity contribution < 1.29 is 5.11 Å². The molecule has 0 amide bonds. The van der Waals surface area contributed by atoms with Gasteiger partial charge in [-0.3, -0.25) is 0 Å². The predicted molar refractivity (Wildman–Crippen MR) is 65.0 cm³/mol. The van der Waals surface area contributed by atoms with Gasteiger partial charge in [0.2, 0.25) is 0 Å². The number of benzene rings is 1. The molecule has 0 aromatic heterocycles. The first-order valence-electron chi connectivity index (χ1n) is 5.39. The van der Waals surface area contributed by atoms with Crippen molar-refractivity contribution in [2.75, 3.05) is 17.6 Å². The normalized spacial score (nSPS) is 11.8. The first-order valence-corrected chi connectivity index (χ1v) is 5.39. The van der Waals surface area contributed by atoms with E-state index in [9.17, 15) is 5.11 Å². The van der Waals surface area contributed by atoms with Crippen LogP contribution in [-0.2, 0) is 0 Å². The Morgan fingerprint density at radius 3 is 2.94 bits per heavy atom. The topological polar surface area (TPSA) is 82.1 Å². The van der Waals surface area contributed by atoms with Gasteiger partial charge in [0.15, 0.2) is 0 Å². The molecule has 1 aromatic rings. The molecule has 1 aromatic carbocycles. The second-order valence-corrected chi connectivity index (χ2v) is 3.74. The van der Waals surface area contributed by atoms with Gasteiger partial charge in [-0.15, -0.1) is 0 Å². The standard InChI is InChI=1S/C12H17N3O/c1-2-3-11(16)8-15-10-4-5-12(14)9(6-10)7-13/h4-6,11,15-16H,2-3,8,14H2,1H3. The van der Waals surface area contributed by atoms with Crippen molar-refractivity contribution in [1.29, 1.82) is 5.26 Å². The Hall–Kier alpha value is -1.73. The fourth-order valence-corrected chi connectivity index (χ4v) is 1.43. The zero-order chi connectivity index (χ0) is 12.0. The third kappa shape index (κ3) is 3.44. The van der Waals surface area contributed by atoms with Crippen LogP contribution >= 0.6 is 0 Å². The van der Waals surface area contributed by atoms with E-state index in [2.05, 4.69) is 5.32 Å². The summed E-state index contributed by atoms with van der Waals surface area (Å²) in [5.74, 6) is 0. The molecule has 4 N–H and O–H groups in total. The Morgan fingerprint density at radius 1 is 1.56 bits per heavy atom. The van der Waals surface area contributed by atoms with Gasteiger partial charge in [0.25, 0.3) is 0 Å². The number of nitrogen functional groups attached to an aromatic ring is 1. The average molecular weight is 219 g/mol. The fourth-order valence-electron chi connectivity index (χ4n) is 1.43. The Bertz CT molecular complexity index is 384. The number of nitrogens with one attached hydrogen (secondary N) is 1. The minimum atomic E-state index is -0.354. The average Bonchev–Trinajstić information content (AvgIpc) is 2.28. The second kappa shape index (κ2) is 5.99. The van der Waals surface area contributed by atoms with Gasteiger partial charge in [0.1, 0.15) is 6.07 Å². The molecule has 0 saturated carbocycles. The number of anilines is 2. The molecule has 0 spiro atoms. The van der Waals surface area contributed by atoms with Crippen molar-refractivity contribution >= 4 is 11.4 Å². The van der Waals surface area contributed by atoms with E-state index in [1.165, 1.54) is 0 Å². The van der Waals surface area contributed by atoms with E-state index in [0.29, 0.717) is 17.8 Å². The fraction of sp³-hybridized carbons (Fsp3) is 0.417. The first-order chi connectivity index (χ1) is 7.67. The van der Waals surface area contributed by atoms with Crippen LogP contribution in [0, 0.1) is 11.3 Å². The lowest BCUT2D eigenvalue weighted by Gasteiger charge is -2.12. The molecule has 1 rings (SSSR count). The maximum atomic E-state index is 9.54. The van der Waals surface area contributed by atoms with Crippen LogP contribution in [0.5, 0.6) is 0 Å². The molecular weight excluding hydrogens is 202 g/mol.